The molecule has 4 aromatic carbocycles. The molecule has 0 spiro atoms. The van der Waals surface area contributed by atoms with Gasteiger partial charge in [-0.05, 0) is 51.7 Å². The third-order valence-electron chi connectivity index (χ3n) is 8.71. The van der Waals surface area contributed by atoms with E-state index >= 15 is 0 Å². The van der Waals surface area contributed by atoms with Gasteiger partial charge in [-0.3, -0.25) is 0 Å². The molecule has 0 atom stereocenters. The SMILES string of the molecule is CCc1cc(CC)cc([Si](c2cc(C)ccc2C)(c2cc(C)ccc2C)[c-]2c(C)c(C)c(C)c2C)c1.[CH3-].[CH3-].[Ti+3]. The Kier molecular flexibility index (Phi) is 12.1. The summed E-state index contributed by atoms with van der Waals surface area (Å²) in [5.74, 6) is 0. The van der Waals surface area contributed by atoms with Crippen molar-refractivity contribution in [1.82, 2.24) is 0 Å². The molecular formula is C37H49SiTi. The summed E-state index contributed by atoms with van der Waals surface area (Å²) >= 11 is 0. The van der Waals surface area contributed by atoms with E-state index in [4.69, 9.17) is 0 Å². The largest absolute Gasteiger partial charge is 3.00 e. The summed E-state index contributed by atoms with van der Waals surface area (Å²) in [6, 6.07) is 21.9. The van der Waals surface area contributed by atoms with Crippen LogP contribution in [0.15, 0.2) is 54.6 Å². The number of hydrogen-bond donors (Lipinski definition) is 0. The van der Waals surface area contributed by atoms with Crippen LogP contribution in [-0.2, 0) is 34.6 Å². The molecule has 0 aromatic heterocycles. The third kappa shape index (κ3) is 5.88. The van der Waals surface area contributed by atoms with Crippen molar-refractivity contribution < 1.29 is 21.7 Å². The van der Waals surface area contributed by atoms with Crippen LogP contribution >= 0.6 is 0 Å². The van der Waals surface area contributed by atoms with Gasteiger partial charge in [-0.1, -0.05) is 134 Å². The van der Waals surface area contributed by atoms with Crippen LogP contribution in [0.2, 0.25) is 0 Å². The fourth-order valence-corrected chi connectivity index (χ4v) is 12.6. The van der Waals surface area contributed by atoms with Crippen LogP contribution in [0.3, 0.4) is 0 Å². The van der Waals surface area contributed by atoms with Gasteiger partial charge in [-0.2, -0.15) is 22.3 Å². The van der Waals surface area contributed by atoms with Crippen LogP contribution in [0, 0.1) is 70.2 Å². The molecule has 0 heterocycles. The van der Waals surface area contributed by atoms with E-state index in [1.807, 2.05) is 0 Å². The summed E-state index contributed by atoms with van der Waals surface area (Å²) in [6.45, 7) is 23.2. The van der Waals surface area contributed by atoms with E-state index in [1.54, 1.807) is 15.6 Å². The fourth-order valence-electron chi connectivity index (χ4n) is 6.32. The smallest absolute Gasteiger partial charge is 0.358 e. The Morgan fingerprint density at radius 3 is 1.31 bits per heavy atom. The molecule has 4 rings (SSSR count). The van der Waals surface area contributed by atoms with E-state index < -0.39 is 8.07 Å². The Hall–Kier alpha value is -2.06. The van der Waals surface area contributed by atoms with E-state index in [1.165, 1.54) is 60.8 Å². The van der Waals surface area contributed by atoms with Gasteiger partial charge < -0.3 is 14.9 Å². The fraction of sp³-hybridized carbons (Fsp3) is 0.324. The van der Waals surface area contributed by atoms with Crippen LogP contribution in [0.25, 0.3) is 0 Å². The Labute approximate surface area is 256 Å². The molecule has 1 radical (unpaired) electrons. The first kappa shape index (κ1) is 35.0. The van der Waals surface area contributed by atoms with E-state index in [0.29, 0.717) is 0 Å². The predicted octanol–water partition coefficient (Wildman–Crippen LogP) is 7.27. The van der Waals surface area contributed by atoms with Crippen molar-refractivity contribution >= 4 is 28.8 Å². The molecule has 0 fully saturated rings. The van der Waals surface area contributed by atoms with E-state index in [-0.39, 0.29) is 36.6 Å². The second kappa shape index (κ2) is 13.5. The summed E-state index contributed by atoms with van der Waals surface area (Å²) in [6.07, 6.45) is 2.11. The van der Waals surface area contributed by atoms with Crippen LogP contribution in [0.1, 0.15) is 69.5 Å². The molecule has 0 aliphatic rings. The van der Waals surface area contributed by atoms with E-state index in [2.05, 4.69) is 124 Å². The monoisotopic (exact) mass is 569 g/mol. The molecule has 0 bridgehead atoms. The summed E-state index contributed by atoms with van der Waals surface area (Å²) in [5.41, 5.74) is 14.3. The minimum atomic E-state index is -2.65. The Bertz CT molecular complexity index is 1340. The Morgan fingerprint density at radius 1 is 0.564 bits per heavy atom. The van der Waals surface area contributed by atoms with Crippen molar-refractivity contribution in [2.75, 3.05) is 0 Å². The molecule has 205 valence electrons. The molecule has 4 aromatic rings. The second-order valence-electron chi connectivity index (χ2n) is 11.0. The molecule has 0 saturated carbocycles. The van der Waals surface area contributed by atoms with Crippen molar-refractivity contribution in [3.63, 3.8) is 0 Å². The molecule has 0 aliphatic heterocycles. The molecule has 0 unspecified atom stereocenters. The van der Waals surface area contributed by atoms with Crippen LogP contribution in [-0.4, -0.2) is 8.07 Å². The summed E-state index contributed by atoms with van der Waals surface area (Å²) < 4.78 is 0. The van der Waals surface area contributed by atoms with Gasteiger partial charge in [0.1, 0.15) is 8.07 Å². The van der Waals surface area contributed by atoms with Crippen molar-refractivity contribution in [3.8, 4) is 0 Å². The van der Waals surface area contributed by atoms with Crippen LogP contribution in [0.4, 0.5) is 0 Å². The van der Waals surface area contributed by atoms with Gasteiger partial charge in [0.15, 0.2) is 0 Å². The quantitative estimate of drug-likeness (QED) is 0.130. The molecule has 0 saturated heterocycles. The van der Waals surface area contributed by atoms with Crippen LogP contribution in [0.5, 0.6) is 0 Å². The molecule has 0 N–H and O–H groups in total. The minimum absolute atomic E-state index is 0. The van der Waals surface area contributed by atoms with Gasteiger partial charge in [-0.25, -0.2) is 0 Å². The Morgan fingerprint density at radius 2 is 0.949 bits per heavy atom. The topological polar surface area (TPSA) is 0 Å². The zero-order valence-electron chi connectivity index (χ0n) is 26.6. The Balaban J connectivity index is 0.00000253. The van der Waals surface area contributed by atoms with E-state index in [0.717, 1.165) is 12.8 Å². The van der Waals surface area contributed by atoms with Crippen LogP contribution < -0.4 is 20.7 Å². The van der Waals surface area contributed by atoms with Crippen molar-refractivity contribution in [3.05, 3.63) is 125 Å². The number of benzene rings is 3. The first-order valence-electron chi connectivity index (χ1n) is 13.6. The van der Waals surface area contributed by atoms with Gasteiger partial charge >= 0.3 is 21.7 Å². The zero-order chi connectivity index (χ0) is 26.4. The summed E-state index contributed by atoms with van der Waals surface area (Å²) in [7, 11) is -2.65. The third-order valence-corrected chi connectivity index (χ3v) is 14.1. The first-order valence-corrected chi connectivity index (χ1v) is 15.6. The van der Waals surface area contributed by atoms with Gasteiger partial charge in [0, 0.05) is 0 Å². The van der Waals surface area contributed by atoms with Crippen molar-refractivity contribution in [2.45, 2.75) is 82.1 Å². The normalized spacial score (nSPS) is 10.9. The maximum Gasteiger partial charge on any atom is 3.00 e. The number of aryl methyl sites for hydroxylation is 6. The number of hydrogen-bond acceptors (Lipinski definition) is 0. The van der Waals surface area contributed by atoms with Gasteiger partial charge in [-0.15, -0.1) is 5.19 Å². The average Bonchev–Trinajstić information content (AvgIpc) is 3.06. The maximum absolute atomic E-state index is 2.65. The molecule has 0 aliphatic carbocycles. The maximum atomic E-state index is 2.56. The number of rotatable bonds is 6. The van der Waals surface area contributed by atoms with Gasteiger partial charge in [0.2, 0.25) is 0 Å². The average molecular weight is 570 g/mol. The minimum Gasteiger partial charge on any atom is -0.358 e. The van der Waals surface area contributed by atoms with Crippen molar-refractivity contribution in [2.24, 2.45) is 0 Å². The summed E-state index contributed by atoms with van der Waals surface area (Å²) in [5, 5.41) is 6.23. The molecule has 0 nitrogen and oxygen atoms in total. The predicted molar refractivity (Wildman–Crippen MR) is 175 cm³/mol. The standard InChI is InChI=1S/C35H43Si.2CH3.Ti/c1-11-30-19-31(12-2)21-32(20-30)36(33-17-22(3)13-15-24(33)5,34-18-23(4)14-16-25(34)6)35-28(9)26(7)27(8)29(35)10;;;/h13-21H,11-12H2,1-10H3;2*1H3;/q3*-1;+3. The molecule has 0 amide bonds. The second-order valence-corrected chi connectivity index (χ2v) is 14.7. The van der Waals surface area contributed by atoms with Gasteiger partial charge in [0.05, 0.1) is 0 Å². The zero-order valence-corrected chi connectivity index (χ0v) is 29.2. The first-order chi connectivity index (χ1) is 17.1. The summed E-state index contributed by atoms with van der Waals surface area (Å²) in [4.78, 5) is 0. The van der Waals surface area contributed by atoms with Crippen molar-refractivity contribution in [1.29, 1.82) is 0 Å². The van der Waals surface area contributed by atoms with E-state index in [9.17, 15) is 0 Å². The van der Waals surface area contributed by atoms with Gasteiger partial charge in [0.25, 0.3) is 0 Å². The molecule has 39 heavy (non-hydrogen) atoms. The molecular weight excluding hydrogens is 520 g/mol. The molecule has 2 heteroatoms.